The van der Waals surface area contributed by atoms with E-state index in [9.17, 15) is 4.79 Å². The zero-order chi connectivity index (χ0) is 14.9. The highest BCUT2D eigenvalue weighted by molar-refractivity contribution is 5.76. The van der Waals surface area contributed by atoms with E-state index in [4.69, 9.17) is 0 Å². The van der Waals surface area contributed by atoms with E-state index >= 15 is 0 Å². The highest BCUT2D eigenvalue weighted by atomic mass is 16.1. The fourth-order valence-electron chi connectivity index (χ4n) is 2.46. The molecular weight excluding hydrogens is 276 g/mol. The summed E-state index contributed by atoms with van der Waals surface area (Å²) in [5.41, 5.74) is 3.60. The van der Waals surface area contributed by atoms with E-state index in [1.807, 2.05) is 41.1 Å². The smallest absolute Gasteiger partial charge is 0.247 e. The third-order valence-electron chi connectivity index (χ3n) is 3.54. The van der Waals surface area contributed by atoms with Crippen molar-refractivity contribution in [3.63, 3.8) is 0 Å². The van der Waals surface area contributed by atoms with Crippen LogP contribution in [-0.2, 0) is 0 Å². The van der Waals surface area contributed by atoms with Crippen molar-refractivity contribution < 1.29 is 0 Å². The van der Waals surface area contributed by atoms with Crippen LogP contribution in [0.4, 0.5) is 0 Å². The van der Waals surface area contributed by atoms with E-state index in [2.05, 4.69) is 15.1 Å². The topological polar surface area (TPSA) is 63.6 Å². The van der Waals surface area contributed by atoms with E-state index in [0.717, 1.165) is 27.8 Å². The van der Waals surface area contributed by atoms with Crippen molar-refractivity contribution in [2.75, 3.05) is 0 Å². The molecule has 0 saturated carbocycles. The average molecular weight is 288 g/mol. The van der Waals surface area contributed by atoms with E-state index in [1.54, 1.807) is 24.7 Å². The molecule has 0 aliphatic rings. The summed E-state index contributed by atoms with van der Waals surface area (Å²) in [5, 5.41) is 5.41. The molecule has 0 fully saturated rings. The van der Waals surface area contributed by atoms with Crippen molar-refractivity contribution in [2.24, 2.45) is 0 Å². The summed E-state index contributed by atoms with van der Waals surface area (Å²) in [6.07, 6.45) is 5.27. The lowest BCUT2D eigenvalue weighted by atomic mass is 10.1. The second-order valence-electron chi connectivity index (χ2n) is 4.96. The molecule has 4 rings (SSSR count). The second-order valence-corrected chi connectivity index (χ2v) is 4.96. The molecule has 0 bridgehead atoms. The minimum Gasteiger partial charge on any atom is -0.328 e. The van der Waals surface area contributed by atoms with Crippen LogP contribution >= 0.6 is 0 Å². The first-order valence-corrected chi connectivity index (χ1v) is 6.89. The van der Waals surface area contributed by atoms with E-state index in [0.29, 0.717) is 0 Å². The Kier molecular flexibility index (Phi) is 2.83. The molecule has 22 heavy (non-hydrogen) atoms. The van der Waals surface area contributed by atoms with Crippen LogP contribution in [0.25, 0.3) is 27.8 Å². The van der Waals surface area contributed by atoms with Gasteiger partial charge in [0.1, 0.15) is 0 Å². The summed E-state index contributed by atoms with van der Waals surface area (Å²) in [6.45, 7) is 0. The molecule has 5 nitrogen and oxygen atoms in total. The Morgan fingerprint density at radius 3 is 2.82 bits per heavy atom. The van der Waals surface area contributed by atoms with Gasteiger partial charge in [0.05, 0.1) is 11.9 Å². The fourth-order valence-corrected chi connectivity index (χ4v) is 2.46. The number of hydrogen-bond donors (Lipinski definition) is 1. The van der Waals surface area contributed by atoms with E-state index in [1.165, 1.54) is 6.07 Å². The maximum atomic E-state index is 11.2. The summed E-state index contributed by atoms with van der Waals surface area (Å²) >= 11 is 0. The van der Waals surface area contributed by atoms with Crippen molar-refractivity contribution >= 4 is 11.0 Å². The molecule has 4 aromatic rings. The minimum atomic E-state index is -0.109. The number of nitrogens with one attached hydrogen (secondary N) is 1. The SMILES string of the molecule is O=c1ccc(-c2cccc(-n3ncc4cccnc43)c2)c[nH]1. The summed E-state index contributed by atoms with van der Waals surface area (Å²) in [6, 6.07) is 15.2. The Balaban J connectivity index is 1.85. The fraction of sp³-hybridized carbons (Fsp3) is 0. The molecule has 0 saturated heterocycles. The van der Waals surface area contributed by atoms with Gasteiger partial charge in [-0.2, -0.15) is 5.10 Å². The van der Waals surface area contributed by atoms with Gasteiger partial charge in [-0.1, -0.05) is 12.1 Å². The van der Waals surface area contributed by atoms with Gasteiger partial charge in [-0.3, -0.25) is 4.79 Å². The predicted octanol–water partition coefficient (Wildman–Crippen LogP) is 2.78. The monoisotopic (exact) mass is 288 g/mol. The normalized spacial score (nSPS) is 10.9. The Morgan fingerprint density at radius 1 is 1.00 bits per heavy atom. The van der Waals surface area contributed by atoms with Crippen LogP contribution < -0.4 is 5.56 Å². The number of aromatic amines is 1. The molecule has 5 heteroatoms. The average Bonchev–Trinajstić information content (AvgIpc) is 3.00. The number of nitrogens with zero attached hydrogens (tertiary/aromatic N) is 3. The van der Waals surface area contributed by atoms with Crippen molar-refractivity contribution in [1.29, 1.82) is 0 Å². The van der Waals surface area contributed by atoms with Crippen molar-refractivity contribution in [3.8, 4) is 16.8 Å². The van der Waals surface area contributed by atoms with Crippen molar-refractivity contribution in [2.45, 2.75) is 0 Å². The van der Waals surface area contributed by atoms with Crippen LogP contribution in [0.15, 0.2) is 71.9 Å². The molecular formula is C17H12N4O. The molecule has 106 valence electrons. The molecule has 0 unspecified atom stereocenters. The third-order valence-corrected chi connectivity index (χ3v) is 3.54. The first-order chi connectivity index (χ1) is 10.8. The van der Waals surface area contributed by atoms with Gasteiger partial charge >= 0.3 is 0 Å². The molecule has 0 aliphatic heterocycles. The standard InChI is InChI=1S/C17H12N4O/c22-16-7-6-13(10-19-16)12-3-1-5-15(9-12)21-17-14(11-20-21)4-2-8-18-17/h1-11H,(H,19,22). The van der Waals surface area contributed by atoms with Gasteiger partial charge < -0.3 is 4.98 Å². The molecule has 3 aromatic heterocycles. The molecule has 0 atom stereocenters. The van der Waals surface area contributed by atoms with Gasteiger partial charge in [-0.05, 0) is 41.5 Å². The Hall–Kier alpha value is -3.21. The maximum absolute atomic E-state index is 11.2. The summed E-state index contributed by atoms with van der Waals surface area (Å²) < 4.78 is 1.81. The first-order valence-electron chi connectivity index (χ1n) is 6.89. The lowest BCUT2D eigenvalue weighted by Crippen LogP contribution is -2.01. The van der Waals surface area contributed by atoms with Crippen LogP contribution in [0.1, 0.15) is 0 Å². The van der Waals surface area contributed by atoms with Gasteiger partial charge in [-0.25, -0.2) is 9.67 Å². The van der Waals surface area contributed by atoms with Gasteiger partial charge in [-0.15, -0.1) is 0 Å². The Bertz CT molecular complexity index is 996. The van der Waals surface area contributed by atoms with E-state index < -0.39 is 0 Å². The quantitative estimate of drug-likeness (QED) is 0.617. The van der Waals surface area contributed by atoms with Gasteiger partial charge in [0, 0.05) is 23.8 Å². The van der Waals surface area contributed by atoms with Crippen molar-refractivity contribution in [1.82, 2.24) is 19.7 Å². The largest absolute Gasteiger partial charge is 0.328 e. The lowest BCUT2D eigenvalue weighted by molar-refractivity contribution is 0.897. The molecule has 0 radical (unpaired) electrons. The van der Waals surface area contributed by atoms with Gasteiger partial charge in [0.2, 0.25) is 5.56 Å². The molecule has 0 spiro atoms. The van der Waals surface area contributed by atoms with Gasteiger partial charge in [0.25, 0.3) is 0 Å². The van der Waals surface area contributed by atoms with Gasteiger partial charge in [0.15, 0.2) is 5.65 Å². The van der Waals surface area contributed by atoms with Crippen LogP contribution in [0, 0.1) is 0 Å². The molecule has 1 aromatic carbocycles. The van der Waals surface area contributed by atoms with Crippen LogP contribution in [0.5, 0.6) is 0 Å². The summed E-state index contributed by atoms with van der Waals surface area (Å²) in [5.74, 6) is 0. The number of pyridine rings is 2. The summed E-state index contributed by atoms with van der Waals surface area (Å²) in [7, 11) is 0. The first kappa shape index (κ1) is 12.5. The third kappa shape index (κ3) is 2.09. The zero-order valence-corrected chi connectivity index (χ0v) is 11.6. The lowest BCUT2D eigenvalue weighted by Gasteiger charge is -2.06. The number of H-pyrrole nitrogens is 1. The number of aromatic nitrogens is 4. The van der Waals surface area contributed by atoms with Crippen LogP contribution in [-0.4, -0.2) is 19.7 Å². The summed E-state index contributed by atoms with van der Waals surface area (Å²) in [4.78, 5) is 18.3. The number of fused-ring (bicyclic) bond motifs is 1. The Morgan fingerprint density at radius 2 is 1.95 bits per heavy atom. The number of hydrogen-bond acceptors (Lipinski definition) is 3. The zero-order valence-electron chi connectivity index (χ0n) is 11.6. The Labute approximate surface area is 125 Å². The van der Waals surface area contributed by atoms with E-state index in [-0.39, 0.29) is 5.56 Å². The highest BCUT2D eigenvalue weighted by Crippen LogP contribution is 2.22. The molecule has 3 heterocycles. The minimum absolute atomic E-state index is 0.109. The van der Waals surface area contributed by atoms with Crippen molar-refractivity contribution in [3.05, 3.63) is 77.5 Å². The predicted molar refractivity (Wildman–Crippen MR) is 84.9 cm³/mol. The van der Waals surface area contributed by atoms with Crippen LogP contribution in [0.2, 0.25) is 0 Å². The number of rotatable bonds is 2. The molecule has 0 amide bonds. The van der Waals surface area contributed by atoms with Crippen LogP contribution in [0.3, 0.4) is 0 Å². The molecule has 1 N–H and O–H groups in total. The molecule has 0 aliphatic carbocycles. The maximum Gasteiger partial charge on any atom is 0.247 e. The second kappa shape index (κ2) is 4.96. The number of benzene rings is 1. The highest BCUT2D eigenvalue weighted by Gasteiger charge is 2.06.